The fourth-order valence-electron chi connectivity index (χ4n) is 0.807. The van der Waals surface area contributed by atoms with E-state index in [1.165, 1.54) is 0 Å². The highest BCUT2D eigenvalue weighted by Gasteiger charge is 2.13. The van der Waals surface area contributed by atoms with Gasteiger partial charge >= 0.3 is 0 Å². The fraction of sp³-hybridized carbons (Fsp3) is 0.667. The second kappa shape index (κ2) is 2.35. The first-order chi connectivity index (χ1) is 4.20. The van der Waals surface area contributed by atoms with Gasteiger partial charge in [0.2, 0.25) is 5.91 Å². The smallest absolute Gasteiger partial charge is 0.234 e. The first-order valence-corrected chi connectivity index (χ1v) is 2.99. The third-order valence-electron chi connectivity index (χ3n) is 1.54. The van der Waals surface area contributed by atoms with Crippen molar-refractivity contribution in [1.29, 1.82) is 0 Å². The first kappa shape index (κ1) is 6.55. The normalized spacial score (nSPS) is 22.9. The molecule has 0 aliphatic carbocycles. The van der Waals surface area contributed by atoms with Gasteiger partial charge in [-0.2, -0.15) is 0 Å². The van der Waals surface area contributed by atoms with Crippen LogP contribution < -0.4 is 0 Å². The van der Waals surface area contributed by atoms with Gasteiger partial charge in [-0.3, -0.25) is 11.8 Å². The average Bonchev–Trinajstić information content (AvgIpc) is 1.80. The summed E-state index contributed by atoms with van der Waals surface area (Å²) < 4.78 is 0. The number of carbonyl (C=O) groups is 1. The van der Waals surface area contributed by atoms with Crippen LogP contribution >= 0.6 is 0 Å². The Kier molecular flexibility index (Phi) is 1.71. The van der Waals surface area contributed by atoms with E-state index < -0.39 is 0 Å². The molecule has 0 N–H and O–H groups in total. The molecule has 52 valence electrons. The second-order valence-electron chi connectivity index (χ2n) is 2.37. The molecule has 0 saturated carbocycles. The minimum atomic E-state index is 0.163. The number of hydrogen-bond donors (Lipinski definition) is 0. The molecule has 1 fully saturated rings. The minimum absolute atomic E-state index is 0.163. The van der Waals surface area contributed by atoms with Crippen LogP contribution in [0.2, 0.25) is 0 Å². The SMILES string of the molecule is [CH2-]N1CCN(C)C(=O)C1. The van der Waals surface area contributed by atoms with Crippen molar-refractivity contribution in [2.24, 2.45) is 0 Å². The van der Waals surface area contributed by atoms with E-state index in [0.717, 1.165) is 13.1 Å². The average molecular weight is 127 g/mol. The highest BCUT2D eigenvalue weighted by Crippen LogP contribution is 1.97. The maximum atomic E-state index is 10.8. The molecule has 1 aliphatic heterocycles. The fourth-order valence-corrected chi connectivity index (χ4v) is 0.807. The van der Waals surface area contributed by atoms with Gasteiger partial charge in [-0.25, -0.2) is 0 Å². The standard InChI is InChI=1S/C6H11N2O/c1-7-3-4-8(2)6(9)5-7/h1,3-5H2,2H3/q-1. The Bertz CT molecular complexity index is 124. The quantitative estimate of drug-likeness (QED) is 0.411. The number of hydrogen-bond acceptors (Lipinski definition) is 2. The number of likely N-dealkylation sites (N-methyl/N-ethyl adjacent to an activating group) is 1. The van der Waals surface area contributed by atoms with E-state index in [4.69, 9.17) is 0 Å². The molecule has 0 bridgehead atoms. The van der Waals surface area contributed by atoms with Crippen LogP contribution in [0, 0.1) is 7.05 Å². The number of rotatable bonds is 0. The monoisotopic (exact) mass is 127 g/mol. The summed E-state index contributed by atoms with van der Waals surface area (Å²) in [5, 5.41) is 0. The lowest BCUT2D eigenvalue weighted by Gasteiger charge is -2.34. The maximum Gasteiger partial charge on any atom is 0.234 e. The molecule has 9 heavy (non-hydrogen) atoms. The molecular weight excluding hydrogens is 116 g/mol. The topological polar surface area (TPSA) is 23.6 Å². The van der Waals surface area contributed by atoms with Crippen molar-refractivity contribution in [1.82, 2.24) is 9.80 Å². The molecule has 1 aliphatic rings. The van der Waals surface area contributed by atoms with Crippen LogP contribution in [-0.2, 0) is 4.79 Å². The molecule has 0 atom stereocenters. The summed E-state index contributed by atoms with van der Waals surface area (Å²) >= 11 is 0. The van der Waals surface area contributed by atoms with Crippen molar-refractivity contribution in [3.8, 4) is 0 Å². The molecule has 1 heterocycles. The Morgan fingerprint density at radius 3 is 2.67 bits per heavy atom. The van der Waals surface area contributed by atoms with E-state index in [1.807, 2.05) is 7.05 Å². The van der Waals surface area contributed by atoms with Crippen molar-refractivity contribution >= 4 is 5.91 Å². The minimum Gasteiger partial charge on any atom is -0.450 e. The van der Waals surface area contributed by atoms with Gasteiger partial charge in [0.25, 0.3) is 0 Å². The van der Waals surface area contributed by atoms with E-state index in [2.05, 4.69) is 7.05 Å². The van der Waals surface area contributed by atoms with Crippen LogP contribution in [0.5, 0.6) is 0 Å². The summed E-state index contributed by atoms with van der Waals surface area (Å²) in [4.78, 5) is 14.4. The summed E-state index contributed by atoms with van der Waals surface area (Å²) in [6.45, 7) is 2.17. The Labute approximate surface area is 55.2 Å². The molecule has 0 spiro atoms. The summed E-state index contributed by atoms with van der Waals surface area (Å²) in [5.41, 5.74) is 0. The summed E-state index contributed by atoms with van der Waals surface area (Å²) in [7, 11) is 5.48. The van der Waals surface area contributed by atoms with E-state index in [9.17, 15) is 4.79 Å². The predicted molar refractivity (Wildman–Crippen MR) is 34.6 cm³/mol. The van der Waals surface area contributed by atoms with Crippen LogP contribution in [-0.4, -0.2) is 42.4 Å². The molecule has 3 nitrogen and oxygen atoms in total. The molecule has 1 amide bonds. The van der Waals surface area contributed by atoms with Crippen LogP contribution in [0.4, 0.5) is 0 Å². The number of piperazine rings is 1. The molecule has 1 saturated heterocycles. The Balaban J connectivity index is 2.44. The molecule has 0 aromatic heterocycles. The largest absolute Gasteiger partial charge is 0.450 e. The lowest BCUT2D eigenvalue weighted by molar-refractivity contribution is -0.133. The lowest BCUT2D eigenvalue weighted by Crippen LogP contribution is -2.45. The van der Waals surface area contributed by atoms with Crippen molar-refractivity contribution in [2.45, 2.75) is 0 Å². The first-order valence-electron chi connectivity index (χ1n) is 2.99. The highest BCUT2D eigenvalue weighted by atomic mass is 16.2. The van der Waals surface area contributed by atoms with Crippen molar-refractivity contribution < 1.29 is 4.79 Å². The van der Waals surface area contributed by atoms with E-state index in [-0.39, 0.29) is 5.91 Å². The zero-order valence-corrected chi connectivity index (χ0v) is 5.63. The van der Waals surface area contributed by atoms with Gasteiger partial charge in [-0.15, -0.1) is 0 Å². The van der Waals surface area contributed by atoms with Gasteiger partial charge in [0, 0.05) is 13.6 Å². The number of nitrogens with zero attached hydrogens (tertiary/aromatic N) is 2. The summed E-state index contributed by atoms with van der Waals surface area (Å²) in [5.74, 6) is 0.163. The van der Waals surface area contributed by atoms with Gasteiger partial charge < -0.3 is 9.80 Å². The third kappa shape index (κ3) is 1.42. The van der Waals surface area contributed by atoms with Crippen LogP contribution in [0.15, 0.2) is 0 Å². The zero-order valence-electron chi connectivity index (χ0n) is 5.63. The Morgan fingerprint density at radius 1 is 1.56 bits per heavy atom. The molecule has 0 radical (unpaired) electrons. The molecular formula is C6H11N2O-. The van der Waals surface area contributed by atoms with Crippen molar-refractivity contribution in [3.63, 3.8) is 0 Å². The van der Waals surface area contributed by atoms with E-state index in [1.54, 1.807) is 9.80 Å². The van der Waals surface area contributed by atoms with Gasteiger partial charge in [0.05, 0.1) is 6.54 Å². The van der Waals surface area contributed by atoms with Crippen LogP contribution in [0.25, 0.3) is 0 Å². The van der Waals surface area contributed by atoms with E-state index in [0.29, 0.717) is 6.54 Å². The summed E-state index contributed by atoms with van der Waals surface area (Å²) in [6, 6.07) is 0. The van der Waals surface area contributed by atoms with Gasteiger partial charge in [0.15, 0.2) is 0 Å². The van der Waals surface area contributed by atoms with Gasteiger partial charge in [0.1, 0.15) is 0 Å². The number of amides is 1. The van der Waals surface area contributed by atoms with Gasteiger partial charge in [-0.1, -0.05) is 0 Å². The molecule has 3 heteroatoms. The lowest BCUT2D eigenvalue weighted by atomic mass is 10.3. The van der Waals surface area contributed by atoms with E-state index >= 15 is 0 Å². The second-order valence-corrected chi connectivity index (χ2v) is 2.37. The zero-order chi connectivity index (χ0) is 6.85. The van der Waals surface area contributed by atoms with Crippen molar-refractivity contribution in [3.05, 3.63) is 7.05 Å². The van der Waals surface area contributed by atoms with Crippen LogP contribution in [0.3, 0.4) is 0 Å². The summed E-state index contributed by atoms with van der Waals surface area (Å²) in [6.07, 6.45) is 0. The van der Waals surface area contributed by atoms with Gasteiger partial charge in [-0.05, 0) is 6.54 Å². The van der Waals surface area contributed by atoms with Crippen LogP contribution in [0.1, 0.15) is 0 Å². The number of carbonyl (C=O) groups excluding carboxylic acids is 1. The molecule has 0 aromatic carbocycles. The molecule has 0 aromatic rings. The predicted octanol–water partition coefficient (Wildman–Crippen LogP) is -0.448. The molecule has 1 rings (SSSR count). The third-order valence-corrected chi connectivity index (χ3v) is 1.54. The Hall–Kier alpha value is -0.570. The van der Waals surface area contributed by atoms with Crippen molar-refractivity contribution in [2.75, 3.05) is 26.7 Å². The maximum absolute atomic E-state index is 10.8. The highest BCUT2D eigenvalue weighted by molar-refractivity contribution is 5.78. The Morgan fingerprint density at radius 2 is 2.22 bits per heavy atom. The molecule has 0 unspecified atom stereocenters.